The molecule has 0 aliphatic carbocycles. The van der Waals surface area contributed by atoms with Crippen LogP contribution in [0.5, 0.6) is 0 Å². The highest BCUT2D eigenvalue weighted by molar-refractivity contribution is 5.25. The Bertz CT molecular complexity index is 582. The summed E-state index contributed by atoms with van der Waals surface area (Å²) in [5.74, 6) is 0. The molecular formula is C14H17N5. The molecule has 0 spiro atoms. The summed E-state index contributed by atoms with van der Waals surface area (Å²) >= 11 is 0. The molecule has 1 unspecified atom stereocenters. The van der Waals surface area contributed by atoms with Crippen LogP contribution < -0.4 is 5.73 Å². The first-order valence-electron chi connectivity index (χ1n) is 6.32. The number of hydrogen-bond donors (Lipinski definition) is 1. The first-order valence-corrected chi connectivity index (χ1v) is 6.32. The Kier molecular flexibility index (Phi) is 4.26. The molecule has 0 saturated carbocycles. The normalized spacial score (nSPS) is 12.1. The van der Waals surface area contributed by atoms with E-state index in [0.29, 0.717) is 12.2 Å². The third kappa shape index (κ3) is 3.63. The maximum Gasteiger partial charge on any atom is 0.140 e. The molecule has 1 atom stereocenters. The van der Waals surface area contributed by atoms with Gasteiger partial charge in [-0.15, -0.1) is 0 Å². The van der Waals surface area contributed by atoms with Gasteiger partial charge in [0.05, 0.1) is 12.0 Å². The van der Waals surface area contributed by atoms with E-state index in [0.717, 1.165) is 24.1 Å². The molecule has 0 aromatic carbocycles. The van der Waals surface area contributed by atoms with Crippen molar-refractivity contribution in [1.29, 1.82) is 5.26 Å². The van der Waals surface area contributed by atoms with Crippen molar-refractivity contribution in [1.82, 2.24) is 14.5 Å². The zero-order chi connectivity index (χ0) is 13.7. The Morgan fingerprint density at radius 3 is 3.05 bits per heavy atom. The number of nitriles is 1. The van der Waals surface area contributed by atoms with Gasteiger partial charge in [0.2, 0.25) is 0 Å². The Hall–Kier alpha value is -2.19. The Labute approximate surface area is 112 Å². The lowest BCUT2D eigenvalue weighted by molar-refractivity contribution is 0.638. The number of nitrogens with zero attached hydrogens (tertiary/aromatic N) is 4. The predicted molar refractivity (Wildman–Crippen MR) is 72.3 cm³/mol. The highest BCUT2D eigenvalue weighted by Crippen LogP contribution is 2.07. The molecule has 2 rings (SSSR count). The number of imidazole rings is 1. The highest BCUT2D eigenvalue weighted by atomic mass is 15.0. The third-order valence-electron chi connectivity index (χ3n) is 2.99. The third-order valence-corrected chi connectivity index (χ3v) is 2.99. The van der Waals surface area contributed by atoms with E-state index >= 15 is 0 Å². The highest BCUT2D eigenvalue weighted by Gasteiger charge is 2.05. The lowest BCUT2D eigenvalue weighted by Crippen LogP contribution is -2.21. The number of pyridine rings is 1. The van der Waals surface area contributed by atoms with E-state index in [1.54, 1.807) is 18.6 Å². The molecule has 0 fully saturated rings. The van der Waals surface area contributed by atoms with Crippen molar-refractivity contribution in [2.75, 3.05) is 0 Å². The quantitative estimate of drug-likeness (QED) is 0.877. The average Bonchev–Trinajstić information content (AvgIpc) is 2.86. The van der Waals surface area contributed by atoms with Crippen LogP contribution in [0.4, 0.5) is 0 Å². The van der Waals surface area contributed by atoms with Crippen molar-refractivity contribution in [3.63, 3.8) is 0 Å². The summed E-state index contributed by atoms with van der Waals surface area (Å²) < 4.78 is 1.99. The summed E-state index contributed by atoms with van der Waals surface area (Å²) in [7, 11) is 0. The van der Waals surface area contributed by atoms with Crippen LogP contribution in [0.1, 0.15) is 30.3 Å². The molecule has 0 amide bonds. The van der Waals surface area contributed by atoms with Crippen molar-refractivity contribution < 1.29 is 0 Å². The van der Waals surface area contributed by atoms with Gasteiger partial charge in [0.1, 0.15) is 11.8 Å². The van der Waals surface area contributed by atoms with Gasteiger partial charge in [-0.05, 0) is 24.1 Å². The van der Waals surface area contributed by atoms with Crippen molar-refractivity contribution >= 4 is 0 Å². The zero-order valence-corrected chi connectivity index (χ0v) is 11.0. The summed E-state index contributed by atoms with van der Waals surface area (Å²) in [6.45, 7) is 2.76. The lowest BCUT2D eigenvalue weighted by atomic mass is 10.1. The first-order chi connectivity index (χ1) is 9.21. The van der Waals surface area contributed by atoms with E-state index < -0.39 is 0 Å². The minimum Gasteiger partial charge on any atom is -0.333 e. The summed E-state index contributed by atoms with van der Waals surface area (Å²) in [5.41, 5.74) is 8.39. The van der Waals surface area contributed by atoms with Crippen molar-refractivity contribution in [3.05, 3.63) is 47.8 Å². The monoisotopic (exact) mass is 255 g/mol. The fourth-order valence-corrected chi connectivity index (χ4v) is 1.86. The fraction of sp³-hybridized carbons (Fsp3) is 0.357. The number of hydrogen-bond acceptors (Lipinski definition) is 4. The summed E-state index contributed by atoms with van der Waals surface area (Å²) in [4.78, 5) is 8.30. The molecular weight excluding hydrogens is 238 g/mol. The minimum atomic E-state index is 0.162. The van der Waals surface area contributed by atoms with Gasteiger partial charge < -0.3 is 10.3 Å². The van der Waals surface area contributed by atoms with Crippen LogP contribution in [0.15, 0.2) is 30.9 Å². The number of nitrogens with two attached hydrogens (primary N) is 1. The predicted octanol–water partition coefficient (Wildman–Crippen LogP) is 1.48. The summed E-state index contributed by atoms with van der Waals surface area (Å²) in [5, 5.41) is 8.81. The van der Waals surface area contributed by atoms with Gasteiger partial charge in [-0.25, -0.2) is 9.97 Å². The van der Waals surface area contributed by atoms with Gasteiger partial charge in [0.15, 0.2) is 0 Å². The molecule has 2 heterocycles. The van der Waals surface area contributed by atoms with Crippen LogP contribution in [-0.4, -0.2) is 20.6 Å². The van der Waals surface area contributed by atoms with Crippen LogP contribution in [0, 0.1) is 11.3 Å². The van der Waals surface area contributed by atoms with Crippen LogP contribution in [-0.2, 0) is 13.0 Å². The van der Waals surface area contributed by atoms with E-state index in [1.807, 2.05) is 22.9 Å². The van der Waals surface area contributed by atoms with Crippen LogP contribution in [0.2, 0.25) is 0 Å². The van der Waals surface area contributed by atoms with Crippen molar-refractivity contribution in [3.8, 4) is 6.07 Å². The second kappa shape index (κ2) is 6.12. The SMILES string of the molecule is CCC(N)Cc1cn(Cc2ccnc(C#N)c2)cn1. The van der Waals surface area contributed by atoms with Gasteiger partial charge in [-0.3, -0.25) is 0 Å². The molecule has 0 radical (unpaired) electrons. The van der Waals surface area contributed by atoms with Crippen molar-refractivity contribution in [2.24, 2.45) is 5.73 Å². The average molecular weight is 255 g/mol. The second-order valence-corrected chi connectivity index (χ2v) is 4.57. The van der Waals surface area contributed by atoms with Gasteiger partial charge >= 0.3 is 0 Å². The number of aromatic nitrogens is 3. The van der Waals surface area contributed by atoms with Gasteiger partial charge in [0, 0.05) is 31.4 Å². The number of rotatable bonds is 5. The maximum absolute atomic E-state index is 8.81. The van der Waals surface area contributed by atoms with E-state index in [2.05, 4.69) is 16.9 Å². The molecule has 5 heteroatoms. The molecule has 2 N–H and O–H groups in total. The van der Waals surface area contributed by atoms with E-state index in [-0.39, 0.29) is 6.04 Å². The van der Waals surface area contributed by atoms with E-state index in [4.69, 9.17) is 11.0 Å². The molecule has 0 bridgehead atoms. The maximum atomic E-state index is 8.81. The van der Waals surface area contributed by atoms with E-state index in [1.165, 1.54) is 0 Å². The largest absolute Gasteiger partial charge is 0.333 e. The molecule has 19 heavy (non-hydrogen) atoms. The summed E-state index contributed by atoms with van der Waals surface area (Å²) in [6.07, 6.45) is 7.19. The zero-order valence-electron chi connectivity index (χ0n) is 11.0. The molecule has 0 aliphatic rings. The molecule has 98 valence electrons. The minimum absolute atomic E-state index is 0.162. The molecule has 0 saturated heterocycles. The molecule has 2 aromatic heterocycles. The van der Waals surface area contributed by atoms with Gasteiger partial charge in [-0.1, -0.05) is 6.92 Å². The second-order valence-electron chi connectivity index (χ2n) is 4.57. The molecule has 0 aliphatic heterocycles. The Morgan fingerprint density at radius 2 is 2.32 bits per heavy atom. The smallest absolute Gasteiger partial charge is 0.140 e. The summed E-state index contributed by atoms with van der Waals surface area (Å²) in [6, 6.07) is 5.89. The van der Waals surface area contributed by atoms with Crippen LogP contribution in [0.3, 0.4) is 0 Å². The topological polar surface area (TPSA) is 80.5 Å². The van der Waals surface area contributed by atoms with E-state index in [9.17, 15) is 0 Å². The van der Waals surface area contributed by atoms with Crippen LogP contribution >= 0.6 is 0 Å². The first kappa shape index (κ1) is 13.2. The van der Waals surface area contributed by atoms with Gasteiger partial charge in [0.25, 0.3) is 0 Å². The molecule has 5 nitrogen and oxygen atoms in total. The lowest BCUT2D eigenvalue weighted by Gasteiger charge is -2.05. The Balaban J connectivity index is 2.05. The Morgan fingerprint density at radius 1 is 1.47 bits per heavy atom. The van der Waals surface area contributed by atoms with Crippen LogP contribution in [0.25, 0.3) is 0 Å². The standard InChI is InChI=1S/C14H17N5/c1-2-12(16)6-14-9-19(10-18-14)8-11-3-4-17-13(5-11)7-15/h3-5,9-10,12H,2,6,8,16H2,1H3. The fourth-order valence-electron chi connectivity index (χ4n) is 1.86. The molecule has 2 aromatic rings. The van der Waals surface area contributed by atoms with Gasteiger partial charge in [-0.2, -0.15) is 5.26 Å². The van der Waals surface area contributed by atoms with Crippen molar-refractivity contribution in [2.45, 2.75) is 32.4 Å².